The van der Waals surface area contributed by atoms with Gasteiger partial charge in [-0.2, -0.15) is 0 Å². The van der Waals surface area contributed by atoms with Crippen molar-refractivity contribution in [3.63, 3.8) is 0 Å². The largest absolute Gasteiger partial charge is 0.478 e. The number of hydrogen-bond acceptors (Lipinski definition) is 6. The molecule has 0 saturated carbocycles. The normalized spacial score (nSPS) is 11.4. The molecule has 10 nitrogen and oxygen atoms in total. The molecule has 0 heterocycles. The van der Waals surface area contributed by atoms with Crippen molar-refractivity contribution in [3.05, 3.63) is 82.9 Å². The third-order valence-electron chi connectivity index (χ3n) is 6.28. The van der Waals surface area contributed by atoms with Crippen LogP contribution in [0.1, 0.15) is 56.4 Å². The van der Waals surface area contributed by atoms with E-state index in [0.29, 0.717) is 42.0 Å². The monoisotopic (exact) mass is 531 g/mol. The fraction of sp³-hybridized carbons (Fsp3) is 0.241. The van der Waals surface area contributed by atoms with E-state index < -0.39 is 23.7 Å². The van der Waals surface area contributed by atoms with Crippen molar-refractivity contribution in [2.75, 3.05) is 24.2 Å². The van der Waals surface area contributed by atoms with Gasteiger partial charge in [-0.25, -0.2) is 4.79 Å². The number of carbonyl (C=O) groups is 4. The second-order valence-electron chi connectivity index (χ2n) is 9.25. The lowest BCUT2D eigenvalue weighted by Gasteiger charge is -2.15. The number of primary amides is 1. The van der Waals surface area contributed by atoms with E-state index in [1.54, 1.807) is 37.4 Å². The van der Waals surface area contributed by atoms with Crippen LogP contribution in [0.2, 0.25) is 0 Å². The van der Waals surface area contributed by atoms with Gasteiger partial charge in [0.25, 0.3) is 11.8 Å². The average Bonchev–Trinajstić information content (AvgIpc) is 2.92. The number of carboxylic acids is 1. The molecule has 3 amide bonds. The molecule has 1 atom stereocenters. The van der Waals surface area contributed by atoms with Gasteiger partial charge in [0.2, 0.25) is 5.91 Å². The highest BCUT2D eigenvalue weighted by Gasteiger charge is 2.21. The maximum absolute atomic E-state index is 13.3. The number of amides is 3. The second kappa shape index (κ2) is 13.2. The van der Waals surface area contributed by atoms with Gasteiger partial charge in [0.1, 0.15) is 0 Å². The molecule has 0 saturated heterocycles. The van der Waals surface area contributed by atoms with Crippen molar-refractivity contribution in [3.8, 4) is 11.1 Å². The van der Waals surface area contributed by atoms with Gasteiger partial charge in [0.15, 0.2) is 0 Å². The number of nitrogens with two attached hydrogens (primary N) is 2. The van der Waals surface area contributed by atoms with E-state index in [0.717, 1.165) is 5.56 Å². The first kappa shape index (κ1) is 28.9. The molecule has 8 N–H and O–H groups in total. The average molecular weight is 532 g/mol. The van der Waals surface area contributed by atoms with Crippen LogP contribution < -0.4 is 27.4 Å². The van der Waals surface area contributed by atoms with Gasteiger partial charge in [-0.05, 0) is 65.4 Å². The lowest BCUT2D eigenvalue weighted by atomic mass is 9.92. The van der Waals surface area contributed by atoms with Crippen LogP contribution in [0, 0.1) is 5.92 Å². The second-order valence-corrected chi connectivity index (χ2v) is 9.25. The molecule has 0 aliphatic carbocycles. The third-order valence-corrected chi connectivity index (χ3v) is 6.28. The first-order valence-corrected chi connectivity index (χ1v) is 12.5. The number of carbonyl (C=O) groups excluding carboxylic acids is 3. The molecule has 0 aromatic heterocycles. The Hall–Kier alpha value is -4.70. The summed E-state index contributed by atoms with van der Waals surface area (Å²) >= 11 is 0. The molecular weight excluding hydrogens is 498 g/mol. The molecule has 0 radical (unpaired) electrons. The highest BCUT2D eigenvalue weighted by atomic mass is 16.4. The summed E-state index contributed by atoms with van der Waals surface area (Å²) in [4.78, 5) is 49.3. The molecule has 0 bridgehead atoms. The van der Waals surface area contributed by atoms with Crippen LogP contribution in [-0.2, 0) is 11.3 Å². The van der Waals surface area contributed by atoms with E-state index in [4.69, 9.17) is 11.5 Å². The van der Waals surface area contributed by atoms with E-state index in [-0.39, 0.29) is 29.0 Å². The van der Waals surface area contributed by atoms with E-state index in [9.17, 15) is 24.3 Å². The van der Waals surface area contributed by atoms with Gasteiger partial charge in [-0.15, -0.1) is 0 Å². The van der Waals surface area contributed by atoms with Gasteiger partial charge >= 0.3 is 5.97 Å². The van der Waals surface area contributed by atoms with Crippen LogP contribution in [0.25, 0.3) is 11.1 Å². The molecule has 3 rings (SSSR count). The first-order valence-electron chi connectivity index (χ1n) is 12.5. The van der Waals surface area contributed by atoms with Gasteiger partial charge in [-0.3, -0.25) is 14.4 Å². The van der Waals surface area contributed by atoms with Crippen LogP contribution >= 0.6 is 0 Å². The van der Waals surface area contributed by atoms with E-state index >= 15 is 0 Å². The minimum atomic E-state index is -1.24. The van der Waals surface area contributed by atoms with E-state index in [1.165, 1.54) is 18.2 Å². The van der Waals surface area contributed by atoms with Crippen LogP contribution in [0.4, 0.5) is 11.4 Å². The minimum Gasteiger partial charge on any atom is -0.478 e. The molecule has 204 valence electrons. The molecule has 0 aliphatic rings. The predicted octanol–water partition coefficient (Wildman–Crippen LogP) is 3.44. The number of rotatable bonds is 12. The summed E-state index contributed by atoms with van der Waals surface area (Å²) in [7, 11) is 1.72. The Labute approximate surface area is 226 Å². The predicted molar refractivity (Wildman–Crippen MR) is 151 cm³/mol. The van der Waals surface area contributed by atoms with Gasteiger partial charge in [0, 0.05) is 49.1 Å². The summed E-state index contributed by atoms with van der Waals surface area (Å²) in [5.74, 6) is -2.51. The Bertz CT molecular complexity index is 1370. The summed E-state index contributed by atoms with van der Waals surface area (Å²) < 4.78 is 0. The fourth-order valence-electron chi connectivity index (χ4n) is 4.12. The molecule has 0 aliphatic heterocycles. The zero-order valence-corrected chi connectivity index (χ0v) is 21.9. The summed E-state index contributed by atoms with van der Waals surface area (Å²) in [5, 5.41) is 18.6. The fourth-order valence-corrected chi connectivity index (χ4v) is 4.12. The smallest absolute Gasteiger partial charge is 0.336 e. The number of nitrogens with one attached hydrogen (secondary N) is 3. The summed E-state index contributed by atoms with van der Waals surface area (Å²) in [5.41, 5.74) is 14.0. The lowest BCUT2D eigenvalue weighted by Crippen LogP contribution is -2.26. The van der Waals surface area contributed by atoms with E-state index in [2.05, 4.69) is 16.0 Å². The van der Waals surface area contributed by atoms with Crippen molar-refractivity contribution in [2.24, 2.45) is 17.4 Å². The van der Waals surface area contributed by atoms with Crippen molar-refractivity contribution in [1.82, 2.24) is 5.32 Å². The molecule has 1 unspecified atom stereocenters. The summed E-state index contributed by atoms with van der Waals surface area (Å²) in [6.45, 7) is 2.54. The van der Waals surface area contributed by atoms with Crippen molar-refractivity contribution < 1.29 is 24.3 Å². The SMILES string of the molecule is CNc1ccc(-c2ccc(C(=O)NCCC(C)CC(N)=O)cc2C(=O)O)c(C(=O)Nc2ccc(CN)cc2)c1. The Morgan fingerprint density at radius 2 is 1.51 bits per heavy atom. The summed E-state index contributed by atoms with van der Waals surface area (Å²) in [6, 6.07) is 16.5. The number of anilines is 2. The molecular formula is C29H33N5O5. The van der Waals surface area contributed by atoms with Crippen LogP contribution in [0.3, 0.4) is 0 Å². The molecule has 3 aromatic carbocycles. The number of hydrogen-bond donors (Lipinski definition) is 6. The van der Waals surface area contributed by atoms with Gasteiger partial charge in [-0.1, -0.05) is 31.2 Å². The van der Waals surface area contributed by atoms with Crippen LogP contribution in [0.15, 0.2) is 60.7 Å². The maximum Gasteiger partial charge on any atom is 0.336 e. The van der Waals surface area contributed by atoms with Crippen LogP contribution in [0.5, 0.6) is 0 Å². The number of benzene rings is 3. The van der Waals surface area contributed by atoms with Gasteiger partial charge in [0.05, 0.1) is 5.56 Å². The topological polar surface area (TPSA) is 177 Å². The molecule has 39 heavy (non-hydrogen) atoms. The zero-order valence-electron chi connectivity index (χ0n) is 21.9. The Morgan fingerprint density at radius 3 is 2.13 bits per heavy atom. The highest BCUT2D eigenvalue weighted by molar-refractivity contribution is 6.11. The molecule has 0 spiro atoms. The van der Waals surface area contributed by atoms with E-state index in [1.807, 2.05) is 19.1 Å². The van der Waals surface area contributed by atoms with Crippen molar-refractivity contribution in [1.29, 1.82) is 0 Å². The Balaban J connectivity index is 1.90. The maximum atomic E-state index is 13.3. The van der Waals surface area contributed by atoms with Gasteiger partial charge < -0.3 is 32.5 Å². The van der Waals surface area contributed by atoms with Crippen LogP contribution in [-0.4, -0.2) is 42.4 Å². The molecule has 0 fully saturated rings. The lowest BCUT2D eigenvalue weighted by molar-refractivity contribution is -0.118. The zero-order chi connectivity index (χ0) is 28.5. The standard InChI is InChI=1S/C29H33N5O5/c1-17(13-26(31)35)11-12-33-27(36)19-5-9-23(25(14-19)29(38)39)22-10-8-21(32-2)15-24(22)28(37)34-20-6-3-18(16-30)4-7-20/h3-10,14-15,17,32H,11-13,16,30H2,1-2H3,(H2,31,35)(H,33,36)(H,34,37)(H,38,39). The Morgan fingerprint density at radius 1 is 0.872 bits per heavy atom. The number of aromatic carboxylic acids is 1. The quantitative estimate of drug-likeness (QED) is 0.207. The molecule has 10 heteroatoms. The third kappa shape index (κ3) is 7.65. The molecule has 3 aromatic rings. The summed E-state index contributed by atoms with van der Waals surface area (Å²) in [6.07, 6.45) is 0.763. The Kier molecular flexibility index (Phi) is 9.77. The first-order chi connectivity index (χ1) is 18.6. The van der Waals surface area contributed by atoms with Crippen molar-refractivity contribution in [2.45, 2.75) is 26.3 Å². The number of carboxylic acid groups (broad SMARTS) is 1. The van der Waals surface area contributed by atoms with Crippen molar-refractivity contribution >= 4 is 35.1 Å². The minimum absolute atomic E-state index is 0.00324. The highest BCUT2D eigenvalue weighted by Crippen LogP contribution is 2.31.